The molecule has 31 heavy (non-hydrogen) atoms. The summed E-state index contributed by atoms with van der Waals surface area (Å²) in [5.74, 6) is 1.19. The van der Waals surface area contributed by atoms with Gasteiger partial charge in [-0.1, -0.05) is 13.0 Å². The number of hydrogen-bond acceptors (Lipinski definition) is 5. The first kappa shape index (κ1) is 20.2. The van der Waals surface area contributed by atoms with E-state index in [2.05, 4.69) is 5.32 Å². The van der Waals surface area contributed by atoms with Gasteiger partial charge in [-0.05, 0) is 55.7 Å². The minimum Gasteiger partial charge on any atom is -0.490 e. The van der Waals surface area contributed by atoms with Gasteiger partial charge in [-0.3, -0.25) is 14.5 Å². The van der Waals surface area contributed by atoms with E-state index < -0.39 is 11.6 Å². The van der Waals surface area contributed by atoms with Crippen LogP contribution in [-0.2, 0) is 9.59 Å². The number of nitrogens with one attached hydrogen (secondary N) is 1. The molecule has 0 aromatic heterocycles. The van der Waals surface area contributed by atoms with Crippen LogP contribution in [0.1, 0.15) is 57.1 Å². The number of amides is 4. The fourth-order valence-electron chi connectivity index (χ4n) is 5.19. The number of carbonyl (C=O) groups is 3. The molecular formula is C23H29N3O5. The lowest BCUT2D eigenvalue weighted by Crippen LogP contribution is -2.49. The normalized spacial score (nSPS) is 28.0. The average molecular weight is 428 g/mol. The van der Waals surface area contributed by atoms with Crippen molar-refractivity contribution in [3.8, 4) is 11.5 Å². The first-order chi connectivity index (χ1) is 15.0. The quantitative estimate of drug-likeness (QED) is 0.730. The third-order valence-electron chi connectivity index (χ3n) is 7.06. The molecule has 1 aromatic carbocycles. The lowest BCUT2D eigenvalue weighted by molar-refractivity contribution is -0.140. The fraction of sp³-hybridized carbons (Fsp3) is 0.609. The van der Waals surface area contributed by atoms with Gasteiger partial charge in [-0.25, -0.2) is 4.79 Å². The maximum Gasteiger partial charge on any atom is 0.325 e. The monoisotopic (exact) mass is 427 g/mol. The van der Waals surface area contributed by atoms with E-state index in [1.54, 1.807) is 4.90 Å². The Hall–Kier alpha value is -2.77. The smallest absolute Gasteiger partial charge is 0.325 e. The van der Waals surface area contributed by atoms with E-state index in [1.807, 2.05) is 25.1 Å². The van der Waals surface area contributed by atoms with E-state index in [4.69, 9.17) is 9.47 Å². The van der Waals surface area contributed by atoms with Crippen molar-refractivity contribution in [3.05, 3.63) is 23.8 Å². The summed E-state index contributed by atoms with van der Waals surface area (Å²) in [7, 11) is 0. The van der Waals surface area contributed by atoms with E-state index >= 15 is 0 Å². The van der Waals surface area contributed by atoms with E-state index in [0.717, 1.165) is 48.3 Å². The number of urea groups is 1. The Kier molecular flexibility index (Phi) is 5.02. The van der Waals surface area contributed by atoms with Crippen LogP contribution < -0.4 is 14.8 Å². The zero-order valence-electron chi connectivity index (χ0n) is 17.9. The molecule has 1 saturated carbocycles. The summed E-state index contributed by atoms with van der Waals surface area (Å²) in [6.45, 7) is 3.56. The number of benzene rings is 1. The number of imide groups is 1. The number of rotatable bonds is 5. The number of hydrogen-bond donors (Lipinski definition) is 1. The van der Waals surface area contributed by atoms with Crippen molar-refractivity contribution in [2.24, 2.45) is 5.92 Å². The van der Waals surface area contributed by atoms with Gasteiger partial charge in [0.15, 0.2) is 11.5 Å². The molecule has 2 saturated heterocycles. The summed E-state index contributed by atoms with van der Waals surface area (Å²) in [6, 6.07) is 5.30. The minimum atomic E-state index is -0.823. The molecule has 3 aliphatic heterocycles. The predicted octanol–water partition coefficient (Wildman–Crippen LogP) is 2.62. The summed E-state index contributed by atoms with van der Waals surface area (Å²) >= 11 is 0. The second-order valence-corrected chi connectivity index (χ2v) is 8.92. The predicted molar refractivity (Wildman–Crippen MR) is 112 cm³/mol. The van der Waals surface area contributed by atoms with E-state index in [1.165, 1.54) is 0 Å². The van der Waals surface area contributed by atoms with Crippen molar-refractivity contribution in [3.63, 3.8) is 0 Å². The Balaban J connectivity index is 1.32. The highest BCUT2D eigenvalue weighted by Crippen LogP contribution is 2.45. The molecule has 166 valence electrons. The van der Waals surface area contributed by atoms with Gasteiger partial charge < -0.3 is 19.7 Å². The molecule has 5 rings (SSSR count). The third kappa shape index (κ3) is 3.42. The molecule has 0 bridgehead atoms. The van der Waals surface area contributed by atoms with Crippen molar-refractivity contribution in [2.45, 2.75) is 57.0 Å². The maximum atomic E-state index is 13.2. The summed E-state index contributed by atoms with van der Waals surface area (Å²) in [5, 5.41) is 2.89. The van der Waals surface area contributed by atoms with Gasteiger partial charge in [0.05, 0.1) is 19.3 Å². The Morgan fingerprint density at radius 3 is 2.65 bits per heavy atom. The highest BCUT2D eigenvalue weighted by Gasteiger charge is 2.58. The van der Waals surface area contributed by atoms with Gasteiger partial charge in [0, 0.05) is 13.0 Å². The molecule has 1 aliphatic carbocycles. The standard InChI is InChI=1S/C23H29N3O5/c1-2-23(16-7-8-16)21(28)26(22(29)24-23)14-20(27)25-10-3-5-17(25)15-6-9-18-19(13-15)31-12-4-11-30-18/h6,9,13,16-17H,2-5,7-8,10-12,14H2,1H3,(H,24,29). The van der Waals surface area contributed by atoms with E-state index in [9.17, 15) is 14.4 Å². The highest BCUT2D eigenvalue weighted by atomic mass is 16.5. The van der Waals surface area contributed by atoms with E-state index in [-0.39, 0.29) is 30.3 Å². The molecule has 8 heteroatoms. The van der Waals surface area contributed by atoms with Gasteiger partial charge in [-0.15, -0.1) is 0 Å². The number of carbonyl (C=O) groups excluding carboxylic acids is 3. The molecule has 2 unspecified atom stereocenters. The summed E-state index contributed by atoms with van der Waals surface area (Å²) in [4.78, 5) is 41.8. The molecule has 4 aliphatic rings. The fourth-order valence-corrected chi connectivity index (χ4v) is 5.19. The van der Waals surface area contributed by atoms with Crippen molar-refractivity contribution in [1.29, 1.82) is 0 Å². The van der Waals surface area contributed by atoms with Gasteiger partial charge in [0.1, 0.15) is 12.1 Å². The van der Waals surface area contributed by atoms with Crippen LogP contribution in [0.4, 0.5) is 4.79 Å². The maximum absolute atomic E-state index is 13.2. The molecule has 8 nitrogen and oxygen atoms in total. The Morgan fingerprint density at radius 1 is 1.13 bits per heavy atom. The van der Waals surface area contributed by atoms with Crippen LogP contribution in [0.5, 0.6) is 11.5 Å². The average Bonchev–Trinajstić information content (AvgIpc) is 3.51. The van der Waals surface area contributed by atoms with Crippen LogP contribution in [0.25, 0.3) is 0 Å². The van der Waals surface area contributed by atoms with Crippen molar-refractivity contribution < 1.29 is 23.9 Å². The van der Waals surface area contributed by atoms with Crippen LogP contribution in [0.15, 0.2) is 18.2 Å². The van der Waals surface area contributed by atoms with Crippen molar-refractivity contribution in [2.75, 3.05) is 26.3 Å². The second-order valence-electron chi connectivity index (χ2n) is 8.92. The molecular weight excluding hydrogens is 398 g/mol. The van der Waals surface area contributed by atoms with Gasteiger partial charge in [0.25, 0.3) is 5.91 Å². The van der Waals surface area contributed by atoms with Crippen LogP contribution in [0, 0.1) is 5.92 Å². The summed E-state index contributed by atoms with van der Waals surface area (Å²) < 4.78 is 11.5. The Morgan fingerprint density at radius 2 is 1.90 bits per heavy atom. The van der Waals surface area contributed by atoms with Crippen LogP contribution in [0.3, 0.4) is 0 Å². The third-order valence-corrected chi connectivity index (χ3v) is 7.06. The molecule has 1 aromatic rings. The van der Waals surface area contributed by atoms with Gasteiger partial charge in [-0.2, -0.15) is 0 Å². The lowest BCUT2D eigenvalue weighted by Gasteiger charge is -2.28. The number of nitrogens with zero attached hydrogens (tertiary/aromatic N) is 2. The zero-order valence-corrected chi connectivity index (χ0v) is 17.9. The molecule has 1 N–H and O–H groups in total. The molecule has 3 heterocycles. The SMILES string of the molecule is CCC1(C2CC2)NC(=O)N(CC(=O)N2CCCC2c2ccc3c(c2)OCCCO3)C1=O. The number of likely N-dealkylation sites (tertiary alicyclic amines) is 1. The first-order valence-corrected chi connectivity index (χ1v) is 11.4. The number of fused-ring (bicyclic) bond motifs is 1. The first-order valence-electron chi connectivity index (χ1n) is 11.4. The van der Waals surface area contributed by atoms with Crippen molar-refractivity contribution >= 4 is 17.8 Å². The van der Waals surface area contributed by atoms with Crippen LogP contribution >= 0.6 is 0 Å². The molecule has 0 radical (unpaired) electrons. The minimum absolute atomic E-state index is 0.0928. The van der Waals surface area contributed by atoms with Crippen LogP contribution in [0.2, 0.25) is 0 Å². The van der Waals surface area contributed by atoms with E-state index in [0.29, 0.717) is 31.9 Å². The Labute approximate surface area is 181 Å². The molecule has 0 spiro atoms. The largest absolute Gasteiger partial charge is 0.490 e. The van der Waals surface area contributed by atoms with Crippen LogP contribution in [-0.4, -0.2) is 59.5 Å². The van der Waals surface area contributed by atoms with Gasteiger partial charge in [0.2, 0.25) is 5.91 Å². The summed E-state index contributed by atoms with van der Waals surface area (Å²) in [6.07, 6.45) is 5.00. The molecule has 2 atom stereocenters. The summed E-state index contributed by atoms with van der Waals surface area (Å²) in [5.41, 5.74) is 0.170. The molecule has 3 fully saturated rings. The van der Waals surface area contributed by atoms with Gasteiger partial charge >= 0.3 is 6.03 Å². The Bertz CT molecular complexity index is 914. The second kappa shape index (κ2) is 7.73. The molecule has 4 amide bonds. The number of ether oxygens (including phenoxy) is 2. The zero-order chi connectivity index (χ0) is 21.6. The lowest BCUT2D eigenvalue weighted by atomic mass is 9.90. The topological polar surface area (TPSA) is 88.2 Å². The highest BCUT2D eigenvalue weighted by molar-refractivity contribution is 6.09. The van der Waals surface area contributed by atoms with Crippen molar-refractivity contribution in [1.82, 2.24) is 15.1 Å².